The predicted octanol–water partition coefficient (Wildman–Crippen LogP) is 2.80. The molecule has 104 valence electrons. The van der Waals surface area contributed by atoms with Crippen molar-refractivity contribution in [2.75, 3.05) is 14.2 Å². The third-order valence-electron chi connectivity index (χ3n) is 4.35. The van der Waals surface area contributed by atoms with Crippen LogP contribution in [0.2, 0.25) is 0 Å². The molecular weight excluding hydrogens is 242 g/mol. The summed E-state index contributed by atoms with van der Waals surface area (Å²) >= 11 is 0. The molecule has 1 unspecified atom stereocenters. The molecular formula is C15H21NO3. The number of fused-ring (bicyclic) bond motifs is 1. The van der Waals surface area contributed by atoms with E-state index in [1.165, 1.54) is 12.8 Å². The van der Waals surface area contributed by atoms with Crippen molar-refractivity contribution in [1.82, 2.24) is 0 Å². The van der Waals surface area contributed by atoms with Crippen molar-refractivity contribution in [3.05, 3.63) is 17.7 Å². The molecule has 0 bridgehead atoms. The van der Waals surface area contributed by atoms with Gasteiger partial charge in [-0.25, -0.2) is 0 Å². The van der Waals surface area contributed by atoms with Crippen LogP contribution in [0.5, 0.6) is 17.2 Å². The number of nitrogens with two attached hydrogens (primary N) is 1. The second-order valence-corrected chi connectivity index (χ2v) is 5.55. The number of ether oxygens (including phenoxy) is 3. The van der Waals surface area contributed by atoms with Crippen molar-refractivity contribution in [2.24, 2.45) is 5.73 Å². The van der Waals surface area contributed by atoms with E-state index < -0.39 is 0 Å². The molecule has 0 saturated heterocycles. The summed E-state index contributed by atoms with van der Waals surface area (Å²) in [6, 6.07) is 3.87. The van der Waals surface area contributed by atoms with E-state index in [-0.39, 0.29) is 11.6 Å². The minimum atomic E-state index is -0.0496. The molecule has 1 aliphatic carbocycles. The van der Waals surface area contributed by atoms with E-state index >= 15 is 0 Å². The van der Waals surface area contributed by atoms with Crippen LogP contribution in [0, 0.1) is 0 Å². The molecule has 4 nitrogen and oxygen atoms in total. The van der Waals surface area contributed by atoms with Crippen LogP contribution in [0.15, 0.2) is 12.1 Å². The number of rotatable bonds is 2. The van der Waals surface area contributed by atoms with Crippen molar-refractivity contribution in [3.63, 3.8) is 0 Å². The Balaban J connectivity index is 2.02. The molecule has 1 aromatic carbocycles. The zero-order valence-electron chi connectivity index (χ0n) is 11.6. The van der Waals surface area contributed by atoms with Gasteiger partial charge in [-0.1, -0.05) is 0 Å². The van der Waals surface area contributed by atoms with E-state index in [0.29, 0.717) is 11.5 Å². The molecule has 2 aliphatic rings. The van der Waals surface area contributed by atoms with Gasteiger partial charge in [-0.2, -0.15) is 0 Å². The van der Waals surface area contributed by atoms with Gasteiger partial charge in [0.1, 0.15) is 11.4 Å². The highest BCUT2D eigenvalue weighted by Crippen LogP contribution is 2.49. The lowest BCUT2D eigenvalue weighted by atomic mass is 9.86. The van der Waals surface area contributed by atoms with E-state index in [0.717, 1.165) is 30.6 Å². The smallest absolute Gasteiger partial charge is 0.164 e. The highest BCUT2D eigenvalue weighted by atomic mass is 16.5. The van der Waals surface area contributed by atoms with Crippen molar-refractivity contribution in [1.29, 1.82) is 0 Å². The molecule has 1 spiro atoms. The fourth-order valence-corrected chi connectivity index (χ4v) is 3.37. The molecule has 1 aliphatic heterocycles. The minimum absolute atomic E-state index is 0.0154. The maximum Gasteiger partial charge on any atom is 0.164 e. The molecule has 1 saturated carbocycles. The molecule has 0 aromatic heterocycles. The first-order valence-electron chi connectivity index (χ1n) is 6.88. The van der Waals surface area contributed by atoms with Crippen molar-refractivity contribution >= 4 is 0 Å². The van der Waals surface area contributed by atoms with Crippen LogP contribution >= 0.6 is 0 Å². The van der Waals surface area contributed by atoms with Gasteiger partial charge in [0.15, 0.2) is 11.5 Å². The summed E-state index contributed by atoms with van der Waals surface area (Å²) in [6.45, 7) is 0. The molecule has 0 radical (unpaired) electrons. The SMILES string of the molecule is COc1cc2c(cc1OC)C(N)CC1(CCCC1)O2. The van der Waals surface area contributed by atoms with Crippen LogP contribution < -0.4 is 19.9 Å². The van der Waals surface area contributed by atoms with E-state index in [1.54, 1.807) is 14.2 Å². The quantitative estimate of drug-likeness (QED) is 0.891. The summed E-state index contributed by atoms with van der Waals surface area (Å²) < 4.78 is 17.0. The van der Waals surface area contributed by atoms with Crippen molar-refractivity contribution in [2.45, 2.75) is 43.7 Å². The minimum Gasteiger partial charge on any atom is -0.493 e. The van der Waals surface area contributed by atoms with Crippen LogP contribution in [0.4, 0.5) is 0 Å². The summed E-state index contributed by atoms with van der Waals surface area (Å²) in [6.07, 6.45) is 5.57. The second-order valence-electron chi connectivity index (χ2n) is 5.55. The average molecular weight is 263 g/mol. The van der Waals surface area contributed by atoms with Gasteiger partial charge >= 0.3 is 0 Å². The van der Waals surface area contributed by atoms with Gasteiger partial charge in [0, 0.05) is 24.1 Å². The van der Waals surface area contributed by atoms with Crippen LogP contribution in [0.25, 0.3) is 0 Å². The molecule has 19 heavy (non-hydrogen) atoms. The third-order valence-corrected chi connectivity index (χ3v) is 4.35. The highest BCUT2D eigenvalue weighted by molar-refractivity contribution is 5.53. The summed E-state index contributed by atoms with van der Waals surface area (Å²) in [5.74, 6) is 2.27. The predicted molar refractivity (Wildman–Crippen MR) is 72.9 cm³/mol. The van der Waals surface area contributed by atoms with Crippen LogP contribution in [0.1, 0.15) is 43.7 Å². The summed E-state index contributed by atoms with van der Waals surface area (Å²) in [5.41, 5.74) is 7.31. The van der Waals surface area contributed by atoms with Gasteiger partial charge in [0.05, 0.1) is 14.2 Å². The Morgan fingerprint density at radius 2 is 1.79 bits per heavy atom. The summed E-state index contributed by atoms with van der Waals surface area (Å²) in [5, 5.41) is 0. The number of benzene rings is 1. The van der Waals surface area contributed by atoms with Crippen molar-refractivity contribution < 1.29 is 14.2 Å². The van der Waals surface area contributed by atoms with Crippen LogP contribution in [0.3, 0.4) is 0 Å². The van der Waals surface area contributed by atoms with E-state index in [9.17, 15) is 0 Å². The molecule has 1 aromatic rings. The summed E-state index contributed by atoms with van der Waals surface area (Å²) in [7, 11) is 3.27. The normalized spacial score (nSPS) is 23.8. The largest absolute Gasteiger partial charge is 0.493 e. The zero-order chi connectivity index (χ0) is 13.5. The van der Waals surface area contributed by atoms with Crippen molar-refractivity contribution in [3.8, 4) is 17.2 Å². The number of hydrogen-bond donors (Lipinski definition) is 1. The maximum atomic E-state index is 6.34. The van der Waals surface area contributed by atoms with Gasteiger partial charge < -0.3 is 19.9 Å². The van der Waals surface area contributed by atoms with Crippen LogP contribution in [-0.4, -0.2) is 19.8 Å². The lowest BCUT2D eigenvalue weighted by molar-refractivity contribution is 0.0422. The molecule has 1 heterocycles. The van der Waals surface area contributed by atoms with Gasteiger partial charge in [0.25, 0.3) is 0 Å². The number of methoxy groups -OCH3 is 2. The molecule has 2 N–H and O–H groups in total. The lowest BCUT2D eigenvalue weighted by Gasteiger charge is -2.39. The van der Waals surface area contributed by atoms with E-state index in [4.69, 9.17) is 19.9 Å². The third kappa shape index (κ3) is 2.04. The summed E-state index contributed by atoms with van der Waals surface area (Å²) in [4.78, 5) is 0. The topological polar surface area (TPSA) is 53.7 Å². The first kappa shape index (κ1) is 12.6. The molecule has 1 fully saturated rings. The average Bonchev–Trinajstić information content (AvgIpc) is 2.85. The number of hydrogen-bond acceptors (Lipinski definition) is 4. The Kier molecular flexibility index (Phi) is 3.05. The van der Waals surface area contributed by atoms with E-state index in [2.05, 4.69) is 0 Å². The second kappa shape index (κ2) is 4.60. The van der Waals surface area contributed by atoms with Crippen LogP contribution in [-0.2, 0) is 0 Å². The Hall–Kier alpha value is -1.42. The first-order valence-corrected chi connectivity index (χ1v) is 6.88. The van der Waals surface area contributed by atoms with Gasteiger partial charge in [-0.3, -0.25) is 0 Å². The monoisotopic (exact) mass is 263 g/mol. The van der Waals surface area contributed by atoms with Gasteiger partial charge in [-0.15, -0.1) is 0 Å². The molecule has 3 rings (SSSR count). The van der Waals surface area contributed by atoms with Gasteiger partial charge in [-0.05, 0) is 31.7 Å². The Bertz CT molecular complexity index is 481. The molecule has 4 heteroatoms. The Morgan fingerprint density at radius 3 is 2.42 bits per heavy atom. The Labute approximate surface area is 113 Å². The van der Waals surface area contributed by atoms with Gasteiger partial charge in [0.2, 0.25) is 0 Å². The standard InChI is InChI=1S/C15H21NO3/c1-17-13-7-10-11(16)9-15(5-3-4-6-15)19-12(10)8-14(13)18-2/h7-8,11H,3-6,9,16H2,1-2H3. The maximum absolute atomic E-state index is 6.34. The molecule has 1 atom stereocenters. The fourth-order valence-electron chi connectivity index (χ4n) is 3.37. The zero-order valence-corrected chi connectivity index (χ0v) is 11.6. The first-order chi connectivity index (χ1) is 9.17. The Morgan fingerprint density at radius 1 is 1.16 bits per heavy atom. The van der Waals surface area contributed by atoms with E-state index in [1.807, 2.05) is 12.1 Å². The lowest BCUT2D eigenvalue weighted by Crippen LogP contribution is -2.40. The highest BCUT2D eigenvalue weighted by Gasteiger charge is 2.42. The molecule has 0 amide bonds. The fraction of sp³-hybridized carbons (Fsp3) is 0.600.